The van der Waals surface area contributed by atoms with Crippen LogP contribution in [0.25, 0.3) is 0 Å². The predicted octanol–water partition coefficient (Wildman–Crippen LogP) is 6.90. The molecule has 0 bridgehead atoms. The third-order valence-corrected chi connectivity index (χ3v) is 6.26. The highest BCUT2D eigenvalue weighted by molar-refractivity contribution is 6.05. The Morgan fingerprint density at radius 1 is 0.767 bits per heavy atom. The number of rotatable bonds is 12. The number of carbonyl (C=O) groups is 1. The minimum Gasteiger partial charge on any atom is -0.511 e. The van der Waals surface area contributed by atoms with Crippen molar-refractivity contribution in [2.75, 3.05) is 0 Å². The summed E-state index contributed by atoms with van der Waals surface area (Å²) in [5, 5.41) is 33.4. The Morgan fingerprint density at radius 3 is 1.63 bits per heavy atom. The number of hydrogen-bond donors (Lipinski definition) is 3. The van der Waals surface area contributed by atoms with E-state index in [1.54, 1.807) is 0 Å². The zero-order valence-corrected chi connectivity index (χ0v) is 20.6. The largest absolute Gasteiger partial charge is 0.511 e. The summed E-state index contributed by atoms with van der Waals surface area (Å²) in [5.41, 5.74) is -0.457. The molecule has 0 aromatic heterocycles. The maximum Gasteiger partial charge on any atom is 0.178 e. The fourth-order valence-electron chi connectivity index (χ4n) is 4.24. The lowest BCUT2D eigenvalue weighted by Crippen LogP contribution is -2.42. The summed E-state index contributed by atoms with van der Waals surface area (Å²) in [6.07, 6.45) is 3.39. The molecule has 30 heavy (non-hydrogen) atoms. The maximum absolute atomic E-state index is 13.8. The van der Waals surface area contributed by atoms with Crippen LogP contribution in [0, 0.1) is 29.1 Å². The number of hydrogen-bond acceptors (Lipinski definition) is 4. The van der Waals surface area contributed by atoms with E-state index in [-0.39, 0.29) is 28.8 Å². The molecular weight excluding hydrogens is 376 g/mol. The summed E-state index contributed by atoms with van der Waals surface area (Å²) >= 11 is 0. The summed E-state index contributed by atoms with van der Waals surface area (Å²) < 4.78 is 0. The second-order valence-corrected chi connectivity index (χ2v) is 10.9. The van der Waals surface area contributed by atoms with Crippen LogP contribution >= 0.6 is 0 Å². The van der Waals surface area contributed by atoms with Gasteiger partial charge < -0.3 is 15.3 Å². The molecule has 0 aliphatic heterocycles. The highest BCUT2D eigenvalue weighted by atomic mass is 16.3. The quantitative estimate of drug-likeness (QED) is 0.320. The van der Waals surface area contributed by atoms with Crippen LogP contribution in [0.3, 0.4) is 0 Å². The van der Waals surface area contributed by atoms with Crippen molar-refractivity contribution >= 4 is 5.78 Å². The van der Waals surface area contributed by atoms with E-state index in [1.807, 2.05) is 13.8 Å². The van der Waals surface area contributed by atoms with Crippen molar-refractivity contribution in [3.63, 3.8) is 0 Å². The van der Waals surface area contributed by atoms with Crippen molar-refractivity contribution < 1.29 is 20.1 Å². The number of aliphatic hydroxyl groups is 3. The smallest absolute Gasteiger partial charge is 0.178 e. The number of aliphatic hydroxyl groups excluding tert-OH is 3. The van der Waals surface area contributed by atoms with E-state index < -0.39 is 11.5 Å². The van der Waals surface area contributed by atoms with E-state index >= 15 is 0 Å². The van der Waals surface area contributed by atoms with Crippen LogP contribution < -0.4 is 0 Å². The molecule has 1 atom stereocenters. The van der Waals surface area contributed by atoms with Gasteiger partial charge in [0.05, 0.1) is 17.1 Å². The molecule has 3 N–H and O–H groups in total. The second kappa shape index (κ2) is 11.4. The summed E-state index contributed by atoms with van der Waals surface area (Å²) in [4.78, 5) is 13.8. The minimum absolute atomic E-state index is 0.0486. The third kappa shape index (κ3) is 6.60. The van der Waals surface area contributed by atoms with Crippen LogP contribution in [0.2, 0.25) is 0 Å². The van der Waals surface area contributed by atoms with Gasteiger partial charge in [-0.05, 0) is 68.6 Å². The monoisotopic (exact) mass is 422 g/mol. The van der Waals surface area contributed by atoms with Crippen molar-refractivity contribution in [3.05, 3.63) is 22.7 Å². The maximum atomic E-state index is 13.8. The third-order valence-electron chi connectivity index (χ3n) is 6.26. The summed E-state index contributed by atoms with van der Waals surface area (Å²) in [5.74, 6) is 0.963. The number of ketones is 1. The van der Waals surface area contributed by atoms with Crippen molar-refractivity contribution in [2.45, 2.75) is 106 Å². The average molecular weight is 423 g/mol. The molecule has 0 aromatic rings. The van der Waals surface area contributed by atoms with Gasteiger partial charge in [0.15, 0.2) is 5.78 Å². The van der Waals surface area contributed by atoms with Gasteiger partial charge in [-0.2, -0.15) is 0 Å². The fraction of sp³-hybridized carbons (Fsp3) is 0.808. The lowest BCUT2D eigenvalue weighted by atomic mass is 9.64. The molecule has 0 saturated carbocycles. The molecule has 0 spiro atoms. The van der Waals surface area contributed by atoms with E-state index in [0.717, 1.165) is 19.3 Å². The van der Waals surface area contributed by atoms with Crippen LogP contribution in [-0.4, -0.2) is 27.2 Å². The number of allylic oxidation sites excluding steroid dienone is 2. The Labute approximate surface area is 184 Å². The van der Waals surface area contributed by atoms with Gasteiger partial charge in [0, 0.05) is 5.57 Å². The topological polar surface area (TPSA) is 77.8 Å². The van der Waals surface area contributed by atoms with E-state index in [4.69, 9.17) is 0 Å². The molecule has 1 aliphatic carbocycles. The van der Waals surface area contributed by atoms with Crippen LogP contribution in [-0.2, 0) is 4.79 Å². The van der Waals surface area contributed by atoms with Crippen LogP contribution in [0.15, 0.2) is 22.7 Å². The highest BCUT2D eigenvalue weighted by Crippen LogP contribution is 2.49. The molecule has 4 nitrogen and oxygen atoms in total. The molecule has 0 radical (unpaired) electrons. The molecular formula is C26H46O4. The first-order valence-electron chi connectivity index (χ1n) is 11.9. The van der Waals surface area contributed by atoms with Gasteiger partial charge in [-0.3, -0.25) is 4.79 Å². The first-order valence-corrected chi connectivity index (χ1v) is 11.9. The fourth-order valence-corrected chi connectivity index (χ4v) is 4.24. The summed E-state index contributed by atoms with van der Waals surface area (Å²) in [7, 11) is 0. The predicted molar refractivity (Wildman–Crippen MR) is 124 cm³/mol. The van der Waals surface area contributed by atoms with E-state index in [9.17, 15) is 20.1 Å². The number of carbonyl (C=O) groups excluding carboxylic acids is 1. The molecule has 1 aliphatic rings. The molecule has 0 heterocycles. The zero-order chi connectivity index (χ0) is 23.2. The molecule has 0 fully saturated rings. The lowest BCUT2D eigenvalue weighted by molar-refractivity contribution is -0.127. The van der Waals surface area contributed by atoms with Crippen LogP contribution in [0.4, 0.5) is 0 Å². The van der Waals surface area contributed by atoms with Gasteiger partial charge in [-0.1, -0.05) is 55.4 Å². The average Bonchev–Trinajstić information content (AvgIpc) is 2.60. The molecule has 1 rings (SSSR count). The molecule has 1 unspecified atom stereocenters. The van der Waals surface area contributed by atoms with Gasteiger partial charge in [-0.15, -0.1) is 0 Å². The van der Waals surface area contributed by atoms with Crippen molar-refractivity contribution in [2.24, 2.45) is 29.1 Å². The molecule has 0 saturated heterocycles. The Hall–Kier alpha value is -1.29. The van der Waals surface area contributed by atoms with Gasteiger partial charge >= 0.3 is 0 Å². The lowest BCUT2D eigenvalue weighted by Gasteiger charge is -2.39. The van der Waals surface area contributed by atoms with Gasteiger partial charge in [0.1, 0.15) is 11.5 Å². The Morgan fingerprint density at radius 2 is 1.23 bits per heavy atom. The molecule has 0 aromatic carbocycles. The van der Waals surface area contributed by atoms with Gasteiger partial charge in [0.2, 0.25) is 0 Å². The normalized spacial score (nSPS) is 18.5. The van der Waals surface area contributed by atoms with Crippen molar-refractivity contribution in [3.8, 4) is 0 Å². The first-order chi connectivity index (χ1) is 13.8. The number of Topliss-reactive ketones (excluding diaryl/α,β-unsaturated/α-hetero) is 1. The zero-order valence-electron chi connectivity index (χ0n) is 20.6. The summed E-state index contributed by atoms with van der Waals surface area (Å²) in [6.45, 7) is 16.7. The van der Waals surface area contributed by atoms with E-state index in [1.165, 1.54) is 0 Å². The summed E-state index contributed by atoms with van der Waals surface area (Å²) in [6, 6.07) is 0. The Bertz CT molecular complexity index is 625. The minimum atomic E-state index is -1.04. The van der Waals surface area contributed by atoms with Crippen molar-refractivity contribution in [1.29, 1.82) is 0 Å². The van der Waals surface area contributed by atoms with Gasteiger partial charge in [-0.25, -0.2) is 0 Å². The Kier molecular flexibility index (Phi) is 10.1. The van der Waals surface area contributed by atoms with Crippen LogP contribution in [0.1, 0.15) is 100 Å². The van der Waals surface area contributed by atoms with E-state index in [2.05, 4.69) is 41.5 Å². The van der Waals surface area contributed by atoms with Crippen molar-refractivity contribution in [1.82, 2.24) is 0 Å². The standard InChI is InChI=1S/C26H46O4/c1-16(2)9-10-20-23(28)22(21(27)15-19(7)8)25(30)26(24(20)29,13-11-17(3)4)14-12-18(5)6/h16-19,21,27-29H,9-15H2,1-8H3. The SMILES string of the molecule is CC(C)CCC1=C(O)C(CCC(C)C)(CCC(C)C)C(=O)C(C(O)CC(C)C)=C1O. The second-order valence-electron chi connectivity index (χ2n) is 10.9. The molecule has 174 valence electrons. The molecule has 4 heteroatoms. The Balaban J connectivity index is 3.60. The van der Waals surface area contributed by atoms with E-state index in [0.29, 0.717) is 49.0 Å². The molecule has 0 amide bonds. The van der Waals surface area contributed by atoms with Crippen LogP contribution in [0.5, 0.6) is 0 Å². The first kappa shape index (κ1) is 26.7. The van der Waals surface area contributed by atoms with Gasteiger partial charge in [0.25, 0.3) is 0 Å². The highest BCUT2D eigenvalue weighted by Gasteiger charge is 2.50.